The molecule has 0 heterocycles. The molecule has 0 aliphatic heterocycles. The number of rotatable bonds is 7. The van der Waals surface area contributed by atoms with Crippen LogP contribution >= 0.6 is 0 Å². The maximum atomic E-state index is 13.0. The van der Waals surface area contributed by atoms with Crippen LogP contribution in [0.1, 0.15) is 10.4 Å². The fourth-order valence-electron chi connectivity index (χ4n) is 1.62. The molecule has 0 saturated heterocycles. The summed E-state index contributed by atoms with van der Waals surface area (Å²) in [7, 11) is 3.12. The predicted molar refractivity (Wildman–Crippen MR) is 70.5 cm³/mol. The molecule has 0 aliphatic carbocycles. The molecule has 106 valence electrons. The number of hydrogen-bond donors (Lipinski definition) is 1. The molecule has 0 bridgehead atoms. The van der Waals surface area contributed by atoms with Crippen LogP contribution in [-0.4, -0.2) is 51.3 Å². The van der Waals surface area contributed by atoms with Crippen molar-refractivity contribution >= 4 is 11.6 Å². The van der Waals surface area contributed by atoms with Crippen LogP contribution in [-0.2, 0) is 9.47 Å². The first-order valence-electron chi connectivity index (χ1n) is 5.92. The summed E-state index contributed by atoms with van der Waals surface area (Å²) in [5, 5.41) is 0. The van der Waals surface area contributed by atoms with Crippen LogP contribution in [0.3, 0.4) is 0 Å². The highest BCUT2D eigenvalue weighted by molar-refractivity contribution is 5.99. The van der Waals surface area contributed by atoms with E-state index >= 15 is 0 Å². The van der Waals surface area contributed by atoms with Crippen molar-refractivity contribution in [2.45, 2.75) is 0 Å². The molecular weight excluding hydrogens is 251 g/mol. The first kappa shape index (κ1) is 15.4. The van der Waals surface area contributed by atoms with E-state index < -0.39 is 5.82 Å². The van der Waals surface area contributed by atoms with Crippen molar-refractivity contribution in [1.29, 1.82) is 0 Å². The molecule has 0 aromatic heterocycles. The zero-order chi connectivity index (χ0) is 14.3. The van der Waals surface area contributed by atoms with Crippen LogP contribution < -0.4 is 5.73 Å². The summed E-state index contributed by atoms with van der Waals surface area (Å²) in [5.41, 5.74) is 6.08. The molecule has 6 heteroatoms. The Morgan fingerprint density at radius 2 is 1.84 bits per heavy atom. The molecule has 0 saturated carbocycles. The summed E-state index contributed by atoms with van der Waals surface area (Å²) >= 11 is 0. The minimum absolute atomic E-state index is 0.129. The first-order chi connectivity index (χ1) is 9.10. The molecule has 1 aromatic rings. The maximum Gasteiger partial charge on any atom is 0.256 e. The van der Waals surface area contributed by atoms with Crippen molar-refractivity contribution in [2.75, 3.05) is 46.3 Å². The SMILES string of the molecule is COCCN(CCOC)C(=O)c1ccc(F)cc1N. The van der Waals surface area contributed by atoms with E-state index in [1.807, 2.05) is 0 Å². The van der Waals surface area contributed by atoms with E-state index in [0.717, 1.165) is 6.07 Å². The molecular formula is C13H19FN2O3. The number of nitrogen functional groups attached to an aromatic ring is 1. The normalized spacial score (nSPS) is 10.5. The number of methoxy groups -OCH3 is 2. The van der Waals surface area contributed by atoms with Crippen LogP contribution in [0.4, 0.5) is 10.1 Å². The molecule has 0 fully saturated rings. The van der Waals surface area contributed by atoms with E-state index in [2.05, 4.69) is 0 Å². The lowest BCUT2D eigenvalue weighted by Crippen LogP contribution is -2.36. The van der Waals surface area contributed by atoms with Crippen molar-refractivity contribution in [2.24, 2.45) is 0 Å². The van der Waals surface area contributed by atoms with Crippen LogP contribution in [0.2, 0.25) is 0 Å². The molecule has 2 N–H and O–H groups in total. The average Bonchev–Trinajstić information content (AvgIpc) is 2.38. The third kappa shape index (κ3) is 4.50. The van der Waals surface area contributed by atoms with Gasteiger partial charge in [0.2, 0.25) is 0 Å². The third-order valence-electron chi connectivity index (χ3n) is 2.66. The third-order valence-corrected chi connectivity index (χ3v) is 2.66. The number of anilines is 1. The second kappa shape index (κ2) is 7.70. The van der Waals surface area contributed by atoms with E-state index in [-0.39, 0.29) is 17.2 Å². The van der Waals surface area contributed by atoms with E-state index in [1.165, 1.54) is 12.1 Å². The Balaban J connectivity index is 2.84. The molecule has 0 radical (unpaired) electrons. The summed E-state index contributed by atoms with van der Waals surface area (Å²) in [6.07, 6.45) is 0. The van der Waals surface area contributed by atoms with Gasteiger partial charge in [0.05, 0.1) is 18.8 Å². The van der Waals surface area contributed by atoms with Crippen LogP contribution in [0, 0.1) is 5.82 Å². The highest BCUT2D eigenvalue weighted by atomic mass is 19.1. The van der Waals surface area contributed by atoms with E-state index in [4.69, 9.17) is 15.2 Å². The average molecular weight is 270 g/mol. The maximum absolute atomic E-state index is 13.0. The Kier molecular flexibility index (Phi) is 6.24. The minimum Gasteiger partial charge on any atom is -0.398 e. The van der Waals surface area contributed by atoms with Crippen molar-refractivity contribution in [3.8, 4) is 0 Å². The quantitative estimate of drug-likeness (QED) is 0.755. The molecule has 0 atom stereocenters. The lowest BCUT2D eigenvalue weighted by Gasteiger charge is -2.22. The number of halogens is 1. The number of benzene rings is 1. The van der Waals surface area contributed by atoms with Gasteiger partial charge in [0.25, 0.3) is 5.91 Å². The predicted octanol–water partition coefficient (Wildman–Crippen LogP) is 1.14. The number of hydrogen-bond acceptors (Lipinski definition) is 4. The van der Waals surface area contributed by atoms with Crippen molar-refractivity contribution in [1.82, 2.24) is 4.90 Å². The second-order valence-electron chi connectivity index (χ2n) is 4.01. The van der Waals surface area contributed by atoms with Gasteiger partial charge in [-0.3, -0.25) is 4.79 Å². The lowest BCUT2D eigenvalue weighted by atomic mass is 10.1. The molecule has 0 unspecified atom stereocenters. The lowest BCUT2D eigenvalue weighted by molar-refractivity contribution is 0.0628. The van der Waals surface area contributed by atoms with Crippen LogP contribution in [0.5, 0.6) is 0 Å². The standard InChI is InChI=1S/C13H19FN2O3/c1-18-7-5-16(6-8-19-2)13(17)11-4-3-10(14)9-12(11)15/h3-4,9H,5-8,15H2,1-2H3. The summed E-state index contributed by atoms with van der Waals surface area (Å²) in [4.78, 5) is 13.9. The Morgan fingerprint density at radius 1 is 1.26 bits per heavy atom. The fraction of sp³-hybridized carbons (Fsp3) is 0.462. The number of ether oxygens (including phenoxy) is 2. The van der Waals surface area contributed by atoms with E-state index in [9.17, 15) is 9.18 Å². The van der Waals surface area contributed by atoms with E-state index in [1.54, 1.807) is 19.1 Å². The zero-order valence-corrected chi connectivity index (χ0v) is 11.2. The Morgan fingerprint density at radius 3 is 2.32 bits per heavy atom. The fourth-order valence-corrected chi connectivity index (χ4v) is 1.62. The smallest absolute Gasteiger partial charge is 0.256 e. The number of amides is 1. The Bertz CT molecular complexity index is 418. The molecule has 5 nitrogen and oxygen atoms in total. The van der Waals surface area contributed by atoms with Gasteiger partial charge in [0.1, 0.15) is 5.82 Å². The molecule has 1 rings (SSSR count). The van der Waals surface area contributed by atoms with Crippen molar-refractivity contribution in [3.05, 3.63) is 29.6 Å². The van der Waals surface area contributed by atoms with Gasteiger partial charge >= 0.3 is 0 Å². The topological polar surface area (TPSA) is 64.8 Å². The number of nitrogens with zero attached hydrogens (tertiary/aromatic N) is 1. The highest BCUT2D eigenvalue weighted by Gasteiger charge is 2.18. The monoisotopic (exact) mass is 270 g/mol. The van der Waals surface area contributed by atoms with Gasteiger partial charge in [0.15, 0.2) is 0 Å². The van der Waals surface area contributed by atoms with Crippen molar-refractivity contribution < 1.29 is 18.7 Å². The first-order valence-corrected chi connectivity index (χ1v) is 5.92. The van der Waals surface area contributed by atoms with Gasteiger partial charge < -0.3 is 20.1 Å². The Hall–Kier alpha value is -1.66. The van der Waals surface area contributed by atoms with Crippen LogP contribution in [0.15, 0.2) is 18.2 Å². The van der Waals surface area contributed by atoms with Gasteiger partial charge in [-0.25, -0.2) is 4.39 Å². The number of carbonyl (C=O) groups is 1. The van der Waals surface area contributed by atoms with Gasteiger partial charge in [-0.1, -0.05) is 0 Å². The van der Waals surface area contributed by atoms with Gasteiger partial charge in [0, 0.05) is 33.0 Å². The molecule has 19 heavy (non-hydrogen) atoms. The summed E-state index contributed by atoms with van der Waals surface area (Å²) < 4.78 is 22.9. The van der Waals surface area contributed by atoms with E-state index in [0.29, 0.717) is 26.3 Å². The minimum atomic E-state index is -0.464. The van der Waals surface area contributed by atoms with Gasteiger partial charge in [-0.2, -0.15) is 0 Å². The zero-order valence-electron chi connectivity index (χ0n) is 11.2. The summed E-state index contributed by atoms with van der Waals surface area (Å²) in [5.74, 6) is -0.721. The molecule has 1 aromatic carbocycles. The number of carbonyl (C=O) groups excluding carboxylic acids is 1. The van der Waals surface area contributed by atoms with Gasteiger partial charge in [-0.05, 0) is 18.2 Å². The van der Waals surface area contributed by atoms with Crippen LogP contribution in [0.25, 0.3) is 0 Å². The summed E-state index contributed by atoms with van der Waals surface area (Å²) in [6.45, 7) is 1.68. The highest BCUT2D eigenvalue weighted by Crippen LogP contribution is 2.15. The Labute approximate surface area is 112 Å². The second-order valence-corrected chi connectivity index (χ2v) is 4.01. The molecule has 1 amide bonds. The number of nitrogens with two attached hydrogens (primary N) is 1. The molecule has 0 aliphatic rings. The largest absolute Gasteiger partial charge is 0.398 e. The molecule has 0 spiro atoms. The van der Waals surface area contributed by atoms with Crippen molar-refractivity contribution in [3.63, 3.8) is 0 Å². The van der Waals surface area contributed by atoms with Gasteiger partial charge in [-0.15, -0.1) is 0 Å². The summed E-state index contributed by atoms with van der Waals surface area (Å²) in [6, 6.07) is 3.74.